The van der Waals surface area contributed by atoms with E-state index in [9.17, 15) is 0 Å². The number of fused-ring (bicyclic) bond motifs is 1. The summed E-state index contributed by atoms with van der Waals surface area (Å²) < 4.78 is 0. The first kappa shape index (κ1) is 5.60. The van der Waals surface area contributed by atoms with Crippen molar-refractivity contribution in [3.8, 4) is 0 Å². The molecule has 0 aromatic heterocycles. The van der Waals surface area contributed by atoms with Crippen LogP contribution in [0.3, 0.4) is 0 Å². The molecule has 0 radical (unpaired) electrons. The average molecular weight is 129 g/mol. The maximum Gasteiger partial charge on any atom is 0.312 e. The fraction of sp³-hybridized carbons (Fsp3) is 0. The molecule has 1 nitrogen and oxygen atoms in total. The van der Waals surface area contributed by atoms with Crippen LogP contribution in [-0.4, -0.2) is 11.7 Å². The van der Waals surface area contributed by atoms with E-state index < -0.39 is 0 Å². The lowest BCUT2D eigenvalue weighted by atomic mass is 9.58. The van der Waals surface area contributed by atoms with Crippen LogP contribution in [0.5, 0.6) is 0 Å². The first-order valence-corrected chi connectivity index (χ1v) is 3.44. The molecule has 0 bridgehead atoms. The molecule has 0 aromatic carbocycles. The Hall–Kier alpha value is -1.18. The first-order valence-electron chi connectivity index (χ1n) is 3.44. The molecule has 2 aliphatic heterocycles. The molecule has 0 atom stereocenters. The maximum absolute atomic E-state index is 2.17. The van der Waals surface area contributed by atoms with Crippen LogP contribution < -0.4 is 0 Å². The Morgan fingerprint density at radius 2 is 1.40 bits per heavy atom. The lowest BCUT2D eigenvalue weighted by Crippen LogP contribution is -2.30. The number of hydrogen-bond acceptors (Lipinski definition) is 1. The van der Waals surface area contributed by atoms with Gasteiger partial charge in [-0.3, -0.25) is 0 Å². The van der Waals surface area contributed by atoms with E-state index in [-0.39, 0.29) is 0 Å². The Kier molecular flexibility index (Phi) is 1.24. The second-order valence-electron chi connectivity index (χ2n) is 2.39. The minimum absolute atomic E-state index is 0.454. The van der Waals surface area contributed by atoms with Gasteiger partial charge in [0.25, 0.3) is 0 Å². The summed E-state index contributed by atoms with van der Waals surface area (Å²) in [5, 5.41) is 0. The monoisotopic (exact) mass is 129 g/mol. The molecule has 0 aliphatic carbocycles. The highest BCUT2D eigenvalue weighted by atomic mass is 15.0. The van der Waals surface area contributed by atoms with Gasteiger partial charge < -0.3 is 4.81 Å². The Balaban J connectivity index is 2.28. The van der Waals surface area contributed by atoms with E-state index in [1.165, 1.54) is 0 Å². The molecule has 10 heavy (non-hydrogen) atoms. The average Bonchev–Trinajstić information content (AvgIpc) is 2.05. The third kappa shape index (κ3) is 0.818. The van der Waals surface area contributed by atoms with E-state index in [0.29, 0.717) is 6.85 Å². The first-order chi connectivity index (χ1) is 4.97. The van der Waals surface area contributed by atoms with Crippen molar-refractivity contribution in [3.63, 3.8) is 0 Å². The van der Waals surface area contributed by atoms with Gasteiger partial charge in [0, 0.05) is 0 Å². The molecule has 0 saturated heterocycles. The fourth-order valence-electron chi connectivity index (χ4n) is 1.17. The number of rotatable bonds is 0. The summed E-state index contributed by atoms with van der Waals surface area (Å²) in [6.07, 6.45) is 12.4. The van der Waals surface area contributed by atoms with Crippen LogP contribution >= 0.6 is 0 Å². The highest BCUT2D eigenvalue weighted by Crippen LogP contribution is 2.09. The molecule has 0 aromatic rings. The van der Waals surface area contributed by atoms with Crippen LogP contribution in [0, 0.1) is 0 Å². The molecule has 0 unspecified atom stereocenters. The standard InChI is InChI=1S/C8H8BN/c1-3-7-10-8-4-2-6-9(10)5-1/h1-8H. The van der Waals surface area contributed by atoms with Gasteiger partial charge in [-0.25, -0.2) is 0 Å². The quantitative estimate of drug-likeness (QED) is 0.448. The van der Waals surface area contributed by atoms with Gasteiger partial charge in [-0.2, -0.15) is 0 Å². The minimum atomic E-state index is 0.454. The molecule has 0 fully saturated rings. The van der Waals surface area contributed by atoms with E-state index in [1.54, 1.807) is 0 Å². The topological polar surface area (TPSA) is 3.24 Å². The zero-order chi connectivity index (χ0) is 6.81. The van der Waals surface area contributed by atoms with Gasteiger partial charge >= 0.3 is 6.85 Å². The van der Waals surface area contributed by atoms with Gasteiger partial charge in [0.05, 0.1) is 0 Å². The predicted molar refractivity (Wildman–Crippen MR) is 44.2 cm³/mol. The van der Waals surface area contributed by atoms with Crippen LogP contribution in [0.15, 0.2) is 48.7 Å². The molecule has 2 aliphatic rings. The Morgan fingerprint density at radius 1 is 0.800 bits per heavy atom. The van der Waals surface area contributed by atoms with Gasteiger partial charge in [-0.15, -0.1) is 0 Å². The molecule has 0 amide bonds. The zero-order valence-electron chi connectivity index (χ0n) is 5.64. The number of hydrogen-bond donors (Lipinski definition) is 0. The van der Waals surface area contributed by atoms with Crippen molar-refractivity contribution in [1.29, 1.82) is 0 Å². The second kappa shape index (κ2) is 2.22. The van der Waals surface area contributed by atoms with Crippen molar-refractivity contribution in [1.82, 2.24) is 4.81 Å². The summed E-state index contributed by atoms with van der Waals surface area (Å²) in [4.78, 5) is 2.17. The van der Waals surface area contributed by atoms with Crippen LogP contribution in [0.1, 0.15) is 0 Å². The Morgan fingerprint density at radius 3 is 1.90 bits per heavy atom. The maximum atomic E-state index is 2.17. The van der Waals surface area contributed by atoms with E-state index in [1.807, 2.05) is 12.2 Å². The van der Waals surface area contributed by atoms with Crippen LogP contribution in [-0.2, 0) is 0 Å². The third-order valence-electron chi connectivity index (χ3n) is 1.70. The third-order valence-corrected chi connectivity index (χ3v) is 1.70. The molecule has 0 N–H and O–H groups in total. The smallest absolute Gasteiger partial charge is 0.312 e. The van der Waals surface area contributed by atoms with Gasteiger partial charge in [0.15, 0.2) is 0 Å². The fourth-order valence-corrected chi connectivity index (χ4v) is 1.17. The summed E-state index contributed by atoms with van der Waals surface area (Å²) in [5.74, 6) is 4.33. The van der Waals surface area contributed by atoms with Gasteiger partial charge in [0.2, 0.25) is 0 Å². The van der Waals surface area contributed by atoms with Crippen molar-refractivity contribution >= 4 is 6.85 Å². The summed E-state index contributed by atoms with van der Waals surface area (Å²) >= 11 is 0. The van der Waals surface area contributed by atoms with Crippen molar-refractivity contribution in [2.24, 2.45) is 0 Å². The number of allylic oxidation sites excluding steroid dienone is 4. The zero-order valence-corrected chi connectivity index (χ0v) is 5.64. The van der Waals surface area contributed by atoms with E-state index in [0.717, 1.165) is 0 Å². The van der Waals surface area contributed by atoms with Crippen molar-refractivity contribution < 1.29 is 0 Å². The van der Waals surface area contributed by atoms with Crippen molar-refractivity contribution in [3.05, 3.63) is 48.7 Å². The van der Waals surface area contributed by atoms with Crippen molar-refractivity contribution in [2.75, 3.05) is 0 Å². The predicted octanol–water partition coefficient (Wildman–Crippen LogP) is 1.53. The molecule has 2 heterocycles. The second-order valence-corrected chi connectivity index (χ2v) is 2.39. The lowest BCUT2D eigenvalue weighted by molar-refractivity contribution is 0.791. The molecule has 2 heteroatoms. The highest BCUT2D eigenvalue weighted by molar-refractivity contribution is 6.67. The summed E-state index contributed by atoms with van der Waals surface area (Å²) in [7, 11) is 0. The van der Waals surface area contributed by atoms with Crippen LogP contribution in [0.4, 0.5) is 0 Å². The summed E-state index contributed by atoms with van der Waals surface area (Å²) in [6.45, 7) is 0.454. The number of nitrogens with zero attached hydrogens (tertiary/aromatic N) is 1. The molecular formula is C8H8BN. The normalized spacial score (nSPS) is 20.0. The molecule has 0 saturated carbocycles. The Bertz CT molecular complexity index is 188. The van der Waals surface area contributed by atoms with E-state index in [4.69, 9.17) is 0 Å². The SMILES string of the molecule is C1=CB2C=CC=CN2C=C1. The van der Waals surface area contributed by atoms with Gasteiger partial charge in [-0.05, 0) is 24.6 Å². The van der Waals surface area contributed by atoms with Crippen LogP contribution in [0.25, 0.3) is 0 Å². The van der Waals surface area contributed by atoms with Gasteiger partial charge in [-0.1, -0.05) is 24.1 Å². The molecule has 0 spiro atoms. The van der Waals surface area contributed by atoms with Crippen molar-refractivity contribution in [2.45, 2.75) is 0 Å². The highest BCUT2D eigenvalue weighted by Gasteiger charge is 2.14. The van der Waals surface area contributed by atoms with Gasteiger partial charge in [0.1, 0.15) is 0 Å². The largest absolute Gasteiger partial charge is 0.390 e. The summed E-state index contributed by atoms with van der Waals surface area (Å²) in [5.41, 5.74) is 0. The molecular weight excluding hydrogens is 121 g/mol. The molecule has 2 rings (SSSR count). The summed E-state index contributed by atoms with van der Waals surface area (Å²) in [6, 6.07) is 0. The van der Waals surface area contributed by atoms with E-state index in [2.05, 4.69) is 41.3 Å². The van der Waals surface area contributed by atoms with Crippen LogP contribution in [0.2, 0.25) is 0 Å². The minimum Gasteiger partial charge on any atom is -0.390 e. The van der Waals surface area contributed by atoms with E-state index >= 15 is 0 Å². The molecule has 48 valence electrons. The lowest BCUT2D eigenvalue weighted by Gasteiger charge is -2.23. The Labute approximate surface area is 61.1 Å².